The molecule has 0 unspecified atom stereocenters. The van der Waals surface area contributed by atoms with Crippen molar-refractivity contribution < 1.29 is 14.6 Å². The second-order valence-corrected chi connectivity index (χ2v) is 2.88. The summed E-state index contributed by atoms with van der Waals surface area (Å²) in [5.74, 6) is -2.63. The van der Waals surface area contributed by atoms with Crippen molar-refractivity contribution in [3.05, 3.63) is 21.9 Å². The Hall–Kier alpha value is -1.28. The highest BCUT2D eigenvalue weighted by molar-refractivity contribution is 9.10. The Morgan fingerprint density at radius 3 is 2.50 bits per heavy atom. The summed E-state index contributed by atoms with van der Waals surface area (Å²) in [6, 6.07) is 2.52. The number of rotatable bonds is 0. The summed E-state index contributed by atoms with van der Waals surface area (Å²) in [6.45, 7) is 0. The quantitative estimate of drug-likeness (QED) is 0.671. The molecule has 1 rings (SSSR count). The third-order valence-electron chi connectivity index (χ3n) is 1.29. The molecule has 0 aliphatic rings. The molecule has 5 heteroatoms. The van der Waals surface area contributed by atoms with Crippen molar-refractivity contribution >= 4 is 15.9 Å². The summed E-state index contributed by atoms with van der Waals surface area (Å²) in [6.07, 6.45) is 0. The lowest BCUT2D eigenvalue weighted by Gasteiger charge is -2.02. The topological polar surface area (TPSA) is 64.2 Å². The van der Waals surface area contributed by atoms with Crippen LogP contribution >= 0.6 is 15.9 Å². The molecular formula is C7H3BrFNO2. The number of halogens is 2. The zero-order valence-corrected chi connectivity index (χ0v) is 7.26. The Labute approximate surface area is 75.8 Å². The van der Waals surface area contributed by atoms with Crippen LogP contribution in [0.2, 0.25) is 0 Å². The van der Waals surface area contributed by atoms with Crippen molar-refractivity contribution in [2.45, 2.75) is 0 Å². The van der Waals surface area contributed by atoms with Crippen LogP contribution in [0.25, 0.3) is 0 Å². The second-order valence-electron chi connectivity index (χ2n) is 2.02. The summed E-state index contributed by atoms with van der Waals surface area (Å²) in [7, 11) is 0. The minimum Gasteiger partial charge on any atom is -0.503 e. The van der Waals surface area contributed by atoms with Crippen LogP contribution < -0.4 is 0 Å². The predicted molar refractivity (Wildman–Crippen MR) is 42.1 cm³/mol. The standard InChI is InChI=1S/C7H3BrFNO2/c8-4-1-5(9)7(12)6(11)3(4)2-10/h1,11-12H. The Morgan fingerprint density at radius 1 is 1.42 bits per heavy atom. The van der Waals surface area contributed by atoms with Gasteiger partial charge in [0.1, 0.15) is 11.6 Å². The first-order valence-corrected chi connectivity index (χ1v) is 3.67. The lowest BCUT2D eigenvalue weighted by molar-refractivity contribution is 0.377. The van der Waals surface area contributed by atoms with E-state index in [9.17, 15) is 4.39 Å². The highest BCUT2D eigenvalue weighted by atomic mass is 79.9. The molecule has 1 aromatic rings. The number of nitriles is 1. The van der Waals surface area contributed by atoms with Crippen molar-refractivity contribution in [1.82, 2.24) is 0 Å². The van der Waals surface area contributed by atoms with Gasteiger partial charge in [-0.2, -0.15) is 5.26 Å². The number of hydrogen-bond donors (Lipinski definition) is 2. The average molecular weight is 232 g/mol. The molecule has 0 atom stereocenters. The van der Waals surface area contributed by atoms with E-state index in [0.717, 1.165) is 6.07 Å². The molecule has 12 heavy (non-hydrogen) atoms. The van der Waals surface area contributed by atoms with Crippen molar-refractivity contribution in [2.24, 2.45) is 0 Å². The lowest BCUT2D eigenvalue weighted by atomic mass is 10.2. The normalized spacial score (nSPS) is 9.42. The second kappa shape index (κ2) is 2.99. The van der Waals surface area contributed by atoms with E-state index in [1.54, 1.807) is 6.07 Å². The summed E-state index contributed by atoms with van der Waals surface area (Å²) >= 11 is 2.86. The molecule has 0 heterocycles. The van der Waals surface area contributed by atoms with Crippen molar-refractivity contribution in [2.75, 3.05) is 0 Å². The molecule has 0 bridgehead atoms. The summed E-state index contributed by atoms with van der Waals surface area (Å²) in [5.41, 5.74) is -0.186. The van der Waals surface area contributed by atoms with Crippen LogP contribution in [0.1, 0.15) is 5.56 Å². The molecule has 2 N–H and O–H groups in total. The molecule has 0 aliphatic carbocycles. The molecule has 0 saturated heterocycles. The van der Waals surface area contributed by atoms with E-state index >= 15 is 0 Å². The van der Waals surface area contributed by atoms with Crippen molar-refractivity contribution in [1.29, 1.82) is 5.26 Å². The highest BCUT2D eigenvalue weighted by Gasteiger charge is 2.15. The SMILES string of the molecule is N#Cc1c(Br)cc(F)c(O)c1O. The molecule has 0 aromatic heterocycles. The van der Waals surface area contributed by atoms with Crippen LogP contribution in [-0.4, -0.2) is 10.2 Å². The van der Waals surface area contributed by atoms with Gasteiger partial charge in [0.25, 0.3) is 0 Å². The maximum atomic E-state index is 12.6. The number of hydrogen-bond acceptors (Lipinski definition) is 3. The zero-order valence-electron chi connectivity index (χ0n) is 5.67. The Kier molecular flexibility index (Phi) is 2.20. The Balaban J connectivity index is 3.54. The van der Waals surface area contributed by atoms with Gasteiger partial charge in [-0.25, -0.2) is 4.39 Å². The van der Waals surface area contributed by atoms with E-state index < -0.39 is 17.3 Å². The first-order chi connectivity index (χ1) is 5.57. The first kappa shape index (κ1) is 8.81. The third kappa shape index (κ3) is 1.21. The fourth-order valence-electron chi connectivity index (χ4n) is 0.703. The van der Waals surface area contributed by atoms with Gasteiger partial charge in [-0.1, -0.05) is 0 Å². The molecule has 3 nitrogen and oxygen atoms in total. The number of aromatic hydroxyl groups is 2. The first-order valence-electron chi connectivity index (χ1n) is 2.88. The van der Waals surface area contributed by atoms with E-state index in [1.165, 1.54) is 0 Å². The van der Waals surface area contributed by atoms with Gasteiger partial charge in [0.05, 0.1) is 0 Å². The van der Waals surface area contributed by atoms with E-state index in [0.29, 0.717) is 0 Å². The van der Waals surface area contributed by atoms with Crippen LogP contribution in [0.5, 0.6) is 11.5 Å². The highest BCUT2D eigenvalue weighted by Crippen LogP contribution is 2.35. The van der Waals surface area contributed by atoms with Gasteiger partial charge in [-0.15, -0.1) is 0 Å². The number of phenolic OH excluding ortho intramolecular Hbond substituents is 2. The van der Waals surface area contributed by atoms with Crippen molar-refractivity contribution in [3.63, 3.8) is 0 Å². The van der Waals surface area contributed by atoms with Crippen LogP contribution in [0.15, 0.2) is 10.5 Å². The number of phenols is 2. The monoisotopic (exact) mass is 231 g/mol. The van der Waals surface area contributed by atoms with Gasteiger partial charge in [0, 0.05) is 4.47 Å². The van der Waals surface area contributed by atoms with E-state index in [2.05, 4.69) is 15.9 Å². The maximum absolute atomic E-state index is 12.6. The molecule has 0 amide bonds. The summed E-state index contributed by atoms with van der Waals surface area (Å²) in [5, 5.41) is 26.3. The Bertz CT molecular complexity index is 373. The number of benzene rings is 1. The van der Waals surface area contributed by atoms with Gasteiger partial charge in [0.15, 0.2) is 17.3 Å². The molecule has 0 saturated carbocycles. The van der Waals surface area contributed by atoms with Crippen LogP contribution in [0, 0.1) is 17.1 Å². The Morgan fingerprint density at radius 2 is 2.00 bits per heavy atom. The van der Waals surface area contributed by atoms with Gasteiger partial charge in [0.2, 0.25) is 0 Å². The van der Waals surface area contributed by atoms with E-state index in [4.69, 9.17) is 15.5 Å². The van der Waals surface area contributed by atoms with Crippen LogP contribution in [0.3, 0.4) is 0 Å². The molecule has 0 spiro atoms. The summed E-state index contributed by atoms with van der Waals surface area (Å²) in [4.78, 5) is 0. The van der Waals surface area contributed by atoms with Crippen LogP contribution in [-0.2, 0) is 0 Å². The van der Waals surface area contributed by atoms with Crippen molar-refractivity contribution in [3.8, 4) is 17.6 Å². The van der Waals surface area contributed by atoms with E-state index in [-0.39, 0.29) is 10.0 Å². The predicted octanol–water partition coefficient (Wildman–Crippen LogP) is 1.87. The third-order valence-corrected chi connectivity index (χ3v) is 1.92. The summed E-state index contributed by atoms with van der Waals surface area (Å²) < 4.78 is 12.7. The van der Waals surface area contributed by atoms with Crippen LogP contribution in [0.4, 0.5) is 4.39 Å². The minimum absolute atomic E-state index is 0.109. The molecular weight excluding hydrogens is 229 g/mol. The molecule has 0 fully saturated rings. The minimum atomic E-state index is -0.974. The maximum Gasteiger partial charge on any atom is 0.195 e. The van der Waals surface area contributed by atoms with Gasteiger partial charge in [-0.3, -0.25) is 0 Å². The van der Waals surface area contributed by atoms with E-state index in [1.807, 2.05) is 0 Å². The molecule has 0 aliphatic heterocycles. The van der Waals surface area contributed by atoms with Gasteiger partial charge in [-0.05, 0) is 22.0 Å². The lowest BCUT2D eigenvalue weighted by Crippen LogP contribution is -1.84. The molecule has 0 radical (unpaired) electrons. The largest absolute Gasteiger partial charge is 0.503 e. The molecule has 1 aromatic carbocycles. The fraction of sp³-hybridized carbons (Fsp3) is 0. The fourth-order valence-corrected chi connectivity index (χ4v) is 1.18. The van der Waals surface area contributed by atoms with Gasteiger partial charge < -0.3 is 10.2 Å². The smallest absolute Gasteiger partial charge is 0.195 e. The zero-order chi connectivity index (χ0) is 9.30. The average Bonchev–Trinajstić information content (AvgIpc) is 2.01. The molecule has 62 valence electrons. The number of nitrogens with zero attached hydrogens (tertiary/aromatic N) is 1. The van der Waals surface area contributed by atoms with Gasteiger partial charge >= 0.3 is 0 Å².